The first-order valence-corrected chi connectivity index (χ1v) is 6.89. The normalized spacial score (nSPS) is 19.4. The molecule has 7 heteroatoms. The van der Waals surface area contributed by atoms with Crippen LogP contribution >= 0.6 is 0 Å². The van der Waals surface area contributed by atoms with E-state index < -0.39 is 5.97 Å². The molecule has 2 fully saturated rings. The van der Waals surface area contributed by atoms with Crippen LogP contribution in [-0.2, 0) is 14.3 Å². The van der Waals surface area contributed by atoms with Crippen LogP contribution in [0.25, 0.3) is 6.08 Å². The van der Waals surface area contributed by atoms with Gasteiger partial charge in [0.05, 0.1) is 30.9 Å². The van der Waals surface area contributed by atoms with Crippen molar-refractivity contribution in [3.05, 3.63) is 28.3 Å². The predicted molar refractivity (Wildman–Crippen MR) is 76.0 cm³/mol. The fourth-order valence-electron chi connectivity index (χ4n) is 2.54. The number of nitrogens with zero attached hydrogens (tertiary/aromatic N) is 2. The van der Waals surface area contributed by atoms with Crippen molar-refractivity contribution in [2.24, 2.45) is 5.41 Å². The van der Waals surface area contributed by atoms with Gasteiger partial charge in [-0.25, -0.2) is 9.78 Å². The van der Waals surface area contributed by atoms with Gasteiger partial charge < -0.3 is 19.4 Å². The zero-order valence-corrected chi connectivity index (χ0v) is 11.8. The van der Waals surface area contributed by atoms with Crippen molar-refractivity contribution in [3.63, 3.8) is 0 Å². The van der Waals surface area contributed by atoms with Gasteiger partial charge in [0.15, 0.2) is 5.82 Å². The highest BCUT2D eigenvalue weighted by Crippen LogP contribution is 2.38. The van der Waals surface area contributed by atoms with E-state index in [0.717, 1.165) is 26.3 Å². The Morgan fingerprint density at radius 2 is 2.33 bits per heavy atom. The molecule has 1 aromatic heterocycles. The lowest BCUT2D eigenvalue weighted by atomic mass is 9.78. The lowest BCUT2D eigenvalue weighted by Gasteiger charge is -2.55. The van der Waals surface area contributed by atoms with Crippen LogP contribution < -0.4 is 10.5 Å². The fourth-order valence-corrected chi connectivity index (χ4v) is 2.54. The molecule has 2 aliphatic heterocycles. The van der Waals surface area contributed by atoms with E-state index in [1.807, 2.05) is 4.90 Å². The van der Waals surface area contributed by atoms with E-state index in [9.17, 15) is 9.59 Å². The number of hydrogen-bond donors (Lipinski definition) is 1. The van der Waals surface area contributed by atoms with Crippen molar-refractivity contribution in [2.45, 2.75) is 6.92 Å². The quantitative estimate of drug-likeness (QED) is 0.629. The molecule has 1 aromatic rings. The Bertz CT molecular complexity index is 625. The average molecular weight is 291 g/mol. The molecule has 3 heterocycles. The molecule has 3 rings (SSSR count). The number of hydrogen-bond acceptors (Lipinski definition) is 6. The molecule has 112 valence electrons. The minimum absolute atomic E-state index is 0.213. The lowest BCUT2D eigenvalue weighted by Crippen LogP contribution is -2.67. The molecular formula is C14H17N3O4. The Hall–Kier alpha value is -2.15. The number of nitrogens with one attached hydrogen (secondary N) is 1. The van der Waals surface area contributed by atoms with Crippen LogP contribution in [0.15, 0.2) is 17.1 Å². The Morgan fingerprint density at radius 1 is 1.57 bits per heavy atom. The van der Waals surface area contributed by atoms with E-state index in [2.05, 4.69) is 9.97 Å². The summed E-state index contributed by atoms with van der Waals surface area (Å²) in [4.78, 5) is 32.0. The van der Waals surface area contributed by atoms with Gasteiger partial charge >= 0.3 is 5.97 Å². The van der Waals surface area contributed by atoms with Crippen molar-refractivity contribution in [3.8, 4) is 0 Å². The van der Waals surface area contributed by atoms with Crippen molar-refractivity contribution in [2.75, 3.05) is 37.8 Å². The summed E-state index contributed by atoms with van der Waals surface area (Å²) in [7, 11) is 0. The van der Waals surface area contributed by atoms with Gasteiger partial charge in [0.2, 0.25) is 0 Å². The molecule has 0 amide bonds. The summed E-state index contributed by atoms with van der Waals surface area (Å²) in [6, 6.07) is 0. The Balaban J connectivity index is 1.71. The smallest absolute Gasteiger partial charge is 0.330 e. The third-order valence-corrected chi connectivity index (χ3v) is 3.63. The molecule has 1 spiro atoms. The van der Waals surface area contributed by atoms with Gasteiger partial charge in [0, 0.05) is 25.4 Å². The highest BCUT2D eigenvalue weighted by molar-refractivity contribution is 5.86. The van der Waals surface area contributed by atoms with E-state index in [-0.39, 0.29) is 11.0 Å². The Morgan fingerprint density at radius 3 is 2.95 bits per heavy atom. The van der Waals surface area contributed by atoms with Crippen molar-refractivity contribution >= 4 is 17.9 Å². The van der Waals surface area contributed by atoms with Crippen LogP contribution in [0.4, 0.5) is 5.82 Å². The van der Waals surface area contributed by atoms with E-state index in [1.54, 1.807) is 6.92 Å². The van der Waals surface area contributed by atoms with E-state index in [4.69, 9.17) is 9.47 Å². The lowest BCUT2D eigenvalue weighted by molar-refractivity contribution is -0.137. The summed E-state index contributed by atoms with van der Waals surface area (Å²) in [6.07, 6.45) is 4.30. The maximum atomic E-state index is 11.9. The SMILES string of the molecule is CCOC(=O)/C=C/c1c[nH]c(=O)c(N2CC3(COC3)C2)n1. The summed E-state index contributed by atoms with van der Waals surface area (Å²) in [6.45, 7) is 5.15. The monoisotopic (exact) mass is 291 g/mol. The Labute approximate surface area is 121 Å². The largest absolute Gasteiger partial charge is 0.463 e. The zero-order chi connectivity index (χ0) is 14.9. The molecule has 0 aliphatic carbocycles. The van der Waals surface area contributed by atoms with Crippen LogP contribution in [0.1, 0.15) is 12.6 Å². The summed E-state index contributed by atoms with van der Waals surface area (Å²) in [5, 5.41) is 0. The van der Waals surface area contributed by atoms with Crippen LogP contribution in [0.5, 0.6) is 0 Å². The number of carbonyl (C=O) groups is 1. The molecule has 0 unspecified atom stereocenters. The molecule has 0 saturated carbocycles. The van der Waals surface area contributed by atoms with Gasteiger partial charge in [-0.1, -0.05) is 0 Å². The Kier molecular flexibility index (Phi) is 3.50. The number of ether oxygens (including phenoxy) is 2. The van der Waals surface area contributed by atoms with Crippen LogP contribution in [0.2, 0.25) is 0 Å². The number of H-pyrrole nitrogens is 1. The van der Waals surface area contributed by atoms with Crippen LogP contribution in [-0.4, -0.2) is 48.8 Å². The number of anilines is 1. The van der Waals surface area contributed by atoms with Crippen molar-refractivity contribution in [1.29, 1.82) is 0 Å². The third-order valence-electron chi connectivity index (χ3n) is 3.63. The molecule has 0 atom stereocenters. The molecule has 7 nitrogen and oxygen atoms in total. The van der Waals surface area contributed by atoms with E-state index in [1.165, 1.54) is 18.3 Å². The summed E-state index contributed by atoms with van der Waals surface area (Å²) in [5.74, 6) is -0.0416. The zero-order valence-electron chi connectivity index (χ0n) is 11.8. The minimum atomic E-state index is -0.429. The molecule has 2 saturated heterocycles. The molecule has 21 heavy (non-hydrogen) atoms. The van der Waals surface area contributed by atoms with Gasteiger partial charge in [-0.3, -0.25) is 4.79 Å². The molecule has 0 bridgehead atoms. The molecule has 1 N–H and O–H groups in total. The second-order valence-electron chi connectivity index (χ2n) is 5.41. The van der Waals surface area contributed by atoms with Crippen LogP contribution in [0, 0.1) is 5.41 Å². The average Bonchev–Trinajstić information content (AvgIpc) is 2.36. The standard InChI is InChI=1S/C14H17N3O4/c1-2-21-11(18)4-3-10-5-15-13(19)12(16-10)17-6-14(7-17)8-20-9-14/h3-5H,2,6-9H2,1H3,(H,15,19)/b4-3+. The van der Waals surface area contributed by atoms with Gasteiger partial charge in [0.25, 0.3) is 5.56 Å². The van der Waals surface area contributed by atoms with Gasteiger partial charge in [-0.2, -0.15) is 0 Å². The first kappa shape index (κ1) is 13.8. The summed E-state index contributed by atoms with van der Waals surface area (Å²) < 4.78 is 10.0. The first-order valence-electron chi connectivity index (χ1n) is 6.89. The van der Waals surface area contributed by atoms with Crippen molar-refractivity contribution < 1.29 is 14.3 Å². The van der Waals surface area contributed by atoms with Gasteiger partial charge in [-0.05, 0) is 13.0 Å². The van der Waals surface area contributed by atoms with E-state index in [0.29, 0.717) is 18.1 Å². The molecule has 0 radical (unpaired) electrons. The minimum Gasteiger partial charge on any atom is -0.463 e. The van der Waals surface area contributed by atoms with Crippen molar-refractivity contribution in [1.82, 2.24) is 9.97 Å². The second kappa shape index (κ2) is 5.33. The van der Waals surface area contributed by atoms with E-state index >= 15 is 0 Å². The van der Waals surface area contributed by atoms with Gasteiger partial charge in [0.1, 0.15) is 0 Å². The molecule has 0 aromatic carbocycles. The molecule has 2 aliphatic rings. The fraction of sp³-hybridized carbons (Fsp3) is 0.500. The third kappa shape index (κ3) is 2.69. The summed E-state index contributed by atoms with van der Waals surface area (Å²) in [5.41, 5.74) is 0.507. The van der Waals surface area contributed by atoms with Gasteiger partial charge in [-0.15, -0.1) is 0 Å². The maximum absolute atomic E-state index is 11.9. The number of aromatic nitrogens is 2. The van der Waals surface area contributed by atoms with Crippen LogP contribution in [0.3, 0.4) is 0 Å². The number of aromatic amines is 1. The maximum Gasteiger partial charge on any atom is 0.330 e. The number of carbonyl (C=O) groups excluding carboxylic acids is 1. The summed E-state index contributed by atoms with van der Waals surface area (Å²) >= 11 is 0. The highest BCUT2D eigenvalue weighted by Gasteiger charge is 2.50. The molecular weight excluding hydrogens is 274 g/mol. The number of esters is 1. The predicted octanol–water partition coefficient (Wildman–Crippen LogP) is 0.183. The topological polar surface area (TPSA) is 84.5 Å². The first-order chi connectivity index (χ1) is 10.1. The second-order valence-corrected chi connectivity index (χ2v) is 5.41. The number of rotatable bonds is 4. The highest BCUT2D eigenvalue weighted by atomic mass is 16.5.